The molecule has 0 radical (unpaired) electrons. The highest BCUT2D eigenvalue weighted by molar-refractivity contribution is 5.90. The number of hydrogen-bond acceptors (Lipinski definition) is 3. The number of benzene rings is 2. The minimum absolute atomic E-state index is 0.0392. The lowest BCUT2D eigenvalue weighted by molar-refractivity contribution is -0.198. The molecule has 130 valence electrons. The standard InChI is InChI=1S/C21H24N2O2/c1-20(2)19(24)23(25-14-15-10-6-5-7-11-15)18-21(20,3)16-12-8-9-13-17(16)22(18)4/h5-13,18H,14H2,1-4H3/t18-,21-/m0/s1. The van der Waals surface area contributed by atoms with Crippen molar-refractivity contribution in [3.05, 3.63) is 65.7 Å². The highest BCUT2D eigenvalue weighted by atomic mass is 16.7. The van der Waals surface area contributed by atoms with Gasteiger partial charge in [0, 0.05) is 18.2 Å². The van der Waals surface area contributed by atoms with Gasteiger partial charge in [-0.2, -0.15) is 5.06 Å². The third kappa shape index (κ3) is 2.00. The van der Waals surface area contributed by atoms with Crippen molar-refractivity contribution >= 4 is 11.6 Å². The molecule has 0 aliphatic carbocycles. The minimum Gasteiger partial charge on any atom is -0.351 e. The van der Waals surface area contributed by atoms with Gasteiger partial charge < -0.3 is 4.90 Å². The summed E-state index contributed by atoms with van der Waals surface area (Å²) in [5, 5.41) is 1.60. The van der Waals surface area contributed by atoms with E-state index in [9.17, 15) is 4.79 Å². The molecule has 1 fully saturated rings. The lowest BCUT2D eigenvalue weighted by Gasteiger charge is -2.36. The number of fused-ring (bicyclic) bond motifs is 3. The fourth-order valence-corrected chi connectivity index (χ4v) is 4.39. The summed E-state index contributed by atoms with van der Waals surface area (Å²) in [6.45, 7) is 6.64. The van der Waals surface area contributed by atoms with Gasteiger partial charge in [0.1, 0.15) is 12.8 Å². The van der Waals surface area contributed by atoms with Crippen LogP contribution in [0.4, 0.5) is 5.69 Å². The predicted molar refractivity (Wildman–Crippen MR) is 97.8 cm³/mol. The van der Waals surface area contributed by atoms with Gasteiger partial charge in [0.15, 0.2) is 0 Å². The third-order valence-corrected chi connectivity index (χ3v) is 6.20. The predicted octanol–water partition coefficient (Wildman–Crippen LogP) is 3.72. The molecule has 2 aliphatic heterocycles. The molecular weight excluding hydrogens is 312 g/mol. The van der Waals surface area contributed by atoms with Crippen LogP contribution in [0, 0.1) is 5.41 Å². The van der Waals surface area contributed by atoms with Crippen molar-refractivity contribution in [3.63, 3.8) is 0 Å². The molecule has 1 saturated heterocycles. The molecule has 2 heterocycles. The number of likely N-dealkylation sites (N-methyl/N-ethyl adjacent to an activating group) is 1. The van der Waals surface area contributed by atoms with Crippen LogP contribution in [-0.2, 0) is 21.7 Å². The molecule has 25 heavy (non-hydrogen) atoms. The normalized spacial score (nSPS) is 26.7. The lowest BCUT2D eigenvalue weighted by Crippen LogP contribution is -2.49. The Hall–Kier alpha value is -2.33. The Morgan fingerprint density at radius 3 is 2.36 bits per heavy atom. The molecule has 4 rings (SSSR count). The molecule has 0 bridgehead atoms. The van der Waals surface area contributed by atoms with Crippen molar-refractivity contribution in [2.45, 2.75) is 39.0 Å². The van der Waals surface area contributed by atoms with Crippen LogP contribution in [-0.4, -0.2) is 24.2 Å². The number of para-hydroxylation sites is 1. The lowest BCUT2D eigenvalue weighted by atomic mass is 9.65. The van der Waals surface area contributed by atoms with Crippen LogP contribution in [0.3, 0.4) is 0 Å². The van der Waals surface area contributed by atoms with Crippen molar-refractivity contribution in [1.82, 2.24) is 5.06 Å². The maximum atomic E-state index is 13.2. The zero-order valence-electron chi connectivity index (χ0n) is 15.2. The second-order valence-electron chi connectivity index (χ2n) is 7.72. The maximum Gasteiger partial charge on any atom is 0.254 e. The topological polar surface area (TPSA) is 32.8 Å². The number of rotatable bonds is 3. The zero-order valence-corrected chi connectivity index (χ0v) is 15.2. The van der Waals surface area contributed by atoms with Gasteiger partial charge in [-0.25, -0.2) is 0 Å². The highest BCUT2D eigenvalue weighted by Crippen LogP contribution is 2.59. The van der Waals surface area contributed by atoms with Crippen molar-refractivity contribution < 1.29 is 9.63 Å². The molecule has 0 spiro atoms. The van der Waals surface area contributed by atoms with Crippen LogP contribution in [0.1, 0.15) is 31.9 Å². The van der Waals surface area contributed by atoms with Crippen molar-refractivity contribution in [1.29, 1.82) is 0 Å². The summed E-state index contributed by atoms with van der Waals surface area (Å²) in [5.74, 6) is 0.0392. The van der Waals surface area contributed by atoms with E-state index in [1.165, 1.54) is 11.3 Å². The maximum absolute atomic E-state index is 13.2. The molecule has 0 unspecified atom stereocenters. The van der Waals surface area contributed by atoms with E-state index in [1.54, 1.807) is 5.06 Å². The van der Waals surface area contributed by atoms with Crippen LogP contribution in [0.15, 0.2) is 54.6 Å². The van der Waals surface area contributed by atoms with Crippen LogP contribution in [0.25, 0.3) is 0 Å². The van der Waals surface area contributed by atoms with Gasteiger partial charge in [-0.3, -0.25) is 9.63 Å². The first-order valence-electron chi connectivity index (χ1n) is 8.72. The highest BCUT2D eigenvalue weighted by Gasteiger charge is 2.68. The number of nitrogens with zero attached hydrogens (tertiary/aromatic N) is 2. The molecule has 0 N–H and O–H groups in total. The number of carbonyl (C=O) groups is 1. The Kier molecular flexibility index (Phi) is 3.45. The number of amides is 1. The molecular formula is C21H24N2O2. The van der Waals surface area contributed by atoms with Crippen molar-refractivity contribution in [3.8, 4) is 0 Å². The summed E-state index contributed by atoms with van der Waals surface area (Å²) in [4.78, 5) is 21.4. The van der Waals surface area contributed by atoms with E-state index >= 15 is 0 Å². The second kappa shape index (κ2) is 5.33. The van der Waals surface area contributed by atoms with Crippen molar-refractivity contribution in [2.75, 3.05) is 11.9 Å². The summed E-state index contributed by atoms with van der Waals surface area (Å²) < 4.78 is 0. The summed E-state index contributed by atoms with van der Waals surface area (Å²) in [6, 6.07) is 18.3. The number of carbonyl (C=O) groups excluding carboxylic acids is 1. The molecule has 2 aromatic rings. The van der Waals surface area contributed by atoms with Gasteiger partial charge in [0.25, 0.3) is 5.91 Å². The minimum atomic E-state index is -0.546. The number of hydrogen-bond donors (Lipinski definition) is 0. The summed E-state index contributed by atoms with van der Waals surface area (Å²) >= 11 is 0. The van der Waals surface area contributed by atoms with E-state index in [0.717, 1.165) is 5.56 Å². The first kappa shape index (κ1) is 16.2. The molecule has 0 saturated carbocycles. The molecule has 4 nitrogen and oxygen atoms in total. The first-order valence-corrected chi connectivity index (χ1v) is 8.72. The molecule has 4 heteroatoms. The fourth-order valence-electron chi connectivity index (χ4n) is 4.39. The van der Waals surface area contributed by atoms with Gasteiger partial charge in [0.2, 0.25) is 0 Å². The quantitative estimate of drug-likeness (QED) is 0.856. The fraction of sp³-hybridized carbons (Fsp3) is 0.381. The average Bonchev–Trinajstić information content (AvgIpc) is 2.94. The van der Waals surface area contributed by atoms with Crippen LogP contribution in [0.2, 0.25) is 0 Å². The van der Waals surface area contributed by atoms with Gasteiger partial charge in [0.05, 0.1) is 5.41 Å². The molecule has 1 amide bonds. The number of hydroxylamine groups is 2. The summed E-state index contributed by atoms with van der Waals surface area (Å²) in [5.41, 5.74) is 2.57. The van der Waals surface area contributed by atoms with Crippen molar-refractivity contribution in [2.24, 2.45) is 5.41 Å². The van der Waals surface area contributed by atoms with Crippen LogP contribution < -0.4 is 4.90 Å². The molecule has 2 aromatic carbocycles. The molecule has 2 aliphatic rings. The Balaban J connectivity index is 1.73. The van der Waals surface area contributed by atoms with E-state index in [2.05, 4.69) is 24.0 Å². The van der Waals surface area contributed by atoms with Gasteiger partial charge in [-0.05, 0) is 31.0 Å². The average molecular weight is 336 g/mol. The van der Waals surface area contributed by atoms with E-state index in [4.69, 9.17) is 4.84 Å². The third-order valence-electron chi connectivity index (χ3n) is 6.20. The zero-order chi connectivity index (χ0) is 17.8. The Morgan fingerprint density at radius 2 is 1.64 bits per heavy atom. The Labute approximate surface area is 149 Å². The second-order valence-corrected chi connectivity index (χ2v) is 7.72. The van der Waals surface area contributed by atoms with Gasteiger partial charge >= 0.3 is 0 Å². The molecule has 0 aromatic heterocycles. The Bertz CT molecular complexity index is 818. The van der Waals surface area contributed by atoms with Crippen LogP contribution >= 0.6 is 0 Å². The summed E-state index contributed by atoms with van der Waals surface area (Å²) in [6.07, 6.45) is -0.142. The SMILES string of the molecule is CN1c2ccccc2[C@@]2(C)[C@@H]1N(OCc1ccccc1)C(=O)C2(C)C. The van der Waals surface area contributed by atoms with E-state index in [-0.39, 0.29) is 17.5 Å². The van der Waals surface area contributed by atoms with Gasteiger partial charge in [-0.15, -0.1) is 0 Å². The van der Waals surface area contributed by atoms with E-state index in [0.29, 0.717) is 6.61 Å². The summed E-state index contributed by atoms with van der Waals surface area (Å²) in [7, 11) is 2.04. The monoisotopic (exact) mass is 336 g/mol. The Morgan fingerprint density at radius 1 is 1.00 bits per heavy atom. The van der Waals surface area contributed by atoms with E-state index < -0.39 is 5.41 Å². The first-order chi connectivity index (χ1) is 11.9. The smallest absolute Gasteiger partial charge is 0.254 e. The number of anilines is 1. The van der Waals surface area contributed by atoms with Crippen LogP contribution in [0.5, 0.6) is 0 Å². The largest absolute Gasteiger partial charge is 0.351 e. The van der Waals surface area contributed by atoms with E-state index in [1.807, 2.05) is 63.4 Å². The molecule has 2 atom stereocenters. The van der Waals surface area contributed by atoms with Gasteiger partial charge in [-0.1, -0.05) is 55.5 Å².